The SMILES string of the molecule is CCC1OC(C=O)N(Cc2ccc(NC(=O)c3cc[nH]n3)cc2)N=C1c1ccc(OC)c(OC2CCCC2)c1. The van der Waals surface area contributed by atoms with E-state index in [-0.39, 0.29) is 18.1 Å². The minimum atomic E-state index is -0.815. The number of carbonyl (C=O) groups is 2. The standard InChI is InChI=1S/C29H33N5O5/c1-3-24-28(20-10-13-25(37-2)26(16-20)38-22-6-4-5-7-22)33-34(27(18-35)39-24)17-19-8-11-21(12-9-19)31-29(36)23-14-15-30-32-23/h8-16,18,22,24,27H,3-7,17H2,1-2H3,(H,30,32)(H,31,36). The molecule has 0 bridgehead atoms. The summed E-state index contributed by atoms with van der Waals surface area (Å²) < 4.78 is 18.0. The zero-order chi connectivity index (χ0) is 27.2. The van der Waals surface area contributed by atoms with Crippen LogP contribution < -0.4 is 14.8 Å². The van der Waals surface area contributed by atoms with Crippen molar-refractivity contribution in [1.82, 2.24) is 15.2 Å². The number of carbonyl (C=O) groups excluding carboxylic acids is 2. The van der Waals surface area contributed by atoms with E-state index in [4.69, 9.17) is 19.3 Å². The van der Waals surface area contributed by atoms with Crippen LogP contribution in [0.3, 0.4) is 0 Å². The molecular formula is C29H33N5O5. The van der Waals surface area contributed by atoms with Crippen LogP contribution in [0.25, 0.3) is 0 Å². The fraction of sp³-hybridized carbons (Fsp3) is 0.379. The lowest BCUT2D eigenvalue weighted by Gasteiger charge is -2.35. The Bertz CT molecular complexity index is 1300. The average Bonchev–Trinajstić information content (AvgIpc) is 3.69. The molecule has 1 fully saturated rings. The number of ether oxygens (including phenoxy) is 3. The summed E-state index contributed by atoms with van der Waals surface area (Å²) in [6.07, 6.45) is 6.46. The lowest BCUT2D eigenvalue weighted by Crippen LogP contribution is -2.45. The van der Waals surface area contributed by atoms with Crippen LogP contribution in [0.4, 0.5) is 5.69 Å². The van der Waals surface area contributed by atoms with Crippen LogP contribution in [0.5, 0.6) is 11.5 Å². The van der Waals surface area contributed by atoms with Crippen LogP contribution in [0.2, 0.25) is 0 Å². The number of hydrazone groups is 1. The van der Waals surface area contributed by atoms with Gasteiger partial charge in [-0.25, -0.2) is 0 Å². The Kier molecular flexibility index (Phi) is 8.21. The highest BCUT2D eigenvalue weighted by molar-refractivity contribution is 6.04. The number of aromatic amines is 1. The van der Waals surface area contributed by atoms with E-state index < -0.39 is 6.23 Å². The minimum absolute atomic E-state index is 0.184. The topological polar surface area (TPSA) is 118 Å². The second kappa shape index (κ2) is 12.1. The molecular weight excluding hydrogens is 498 g/mol. The number of amides is 1. The molecule has 1 aliphatic heterocycles. The first-order valence-electron chi connectivity index (χ1n) is 13.3. The molecule has 0 saturated heterocycles. The smallest absolute Gasteiger partial charge is 0.276 e. The molecule has 2 aliphatic rings. The third-order valence-corrected chi connectivity index (χ3v) is 6.97. The van der Waals surface area contributed by atoms with Gasteiger partial charge >= 0.3 is 0 Å². The number of hydrogen-bond acceptors (Lipinski definition) is 8. The van der Waals surface area contributed by atoms with Crippen molar-refractivity contribution in [1.29, 1.82) is 0 Å². The Labute approximate surface area is 227 Å². The van der Waals surface area contributed by atoms with Gasteiger partial charge in [-0.05, 0) is 74.1 Å². The second-order valence-electron chi connectivity index (χ2n) is 9.64. The van der Waals surface area contributed by atoms with E-state index in [1.807, 2.05) is 37.3 Å². The van der Waals surface area contributed by atoms with Crippen LogP contribution in [0.15, 0.2) is 59.8 Å². The number of benzene rings is 2. The minimum Gasteiger partial charge on any atom is -0.493 e. The summed E-state index contributed by atoms with van der Waals surface area (Å²) in [5.41, 5.74) is 3.44. The molecule has 2 aromatic carbocycles. The fourth-order valence-corrected chi connectivity index (χ4v) is 4.90. The highest BCUT2D eigenvalue weighted by Crippen LogP contribution is 2.34. The molecule has 204 valence electrons. The number of aldehydes is 1. The highest BCUT2D eigenvalue weighted by Gasteiger charge is 2.32. The largest absolute Gasteiger partial charge is 0.493 e. The monoisotopic (exact) mass is 531 g/mol. The molecule has 1 saturated carbocycles. The lowest BCUT2D eigenvalue weighted by molar-refractivity contribution is -0.139. The van der Waals surface area contributed by atoms with Crippen molar-refractivity contribution in [3.8, 4) is 11.5 Å². The van der Waals surface area contributed by atoms with Crippen molar-refractivity contribution in [3.05, 3.63) is 71.5 Å². The van der Waals surface area contributed by atoms with Gasteiger partial charge in [0.1, 0.15) is 11.8 Å². The van der Waals surface area contributed by atoms with Crippen LogP contribution in [0, 0.1) is 0 Å². The van der Waals surface area contributed by atoms with Crippen LogP contribution in [-0.2, 0) is 16.1 Å². The maximum absolute atomic E-state index is 12.3. The quantitative estimate of drug-likeness (QED) is 0.369. The summed E-state index contributed by atoms with van der Waals surface area (Å²) in [5, 5.41) is 15.9. The summed E-state index contributed by atoms with van der Waals surface area (Å²) in [6.45, 7) is 2.35. The predicted molar refractivity (Wildman–Crippen MR) is 146 cm³/mol. The van der Waals surface area contributed by atoms with Gasteiger partial charge in [-0.1, -0.05) is 19.1 Å². The first-order chi connectivity index (χ1) is 19.1. The molecule has 1 amide bonds. The summed E-state index contributed by atoms with van der Waals surface area (Å²) in [6, 6.07) is 14.8. The summed E-state index contributed by atoms with van der Waals surface area (Å²) in [4.78, 5) is 24.2. The van der Waals surface area contributed by atoms with Crippen LogP contribution in [-0.4, -0.2) is 58.7 Å². The Morgan fingerprint density at radius 1 is 1.15 bits per heavy atom. The van der Waals surface area contributed by atoms with E-state index >= 15 is 0 Å². The van der Waals surface area contributed by atoms with Crippen molar-refractivity contribution in [2.75, 3.05) is 12.4 Å². The van der Waals surface area contributed by atoms with E-state index in [9.17, 15) is 9.59 Å². The molecule has 5 rings (SSSR count). The van der Waals surface area contributed by atoms with E-state index in [1.54, 1.807) is 36.5 Å². The predicted octanol–water partition coefficient (Wildman–Crippen LogP) is 4.53. The normalized spacial score (nSPS) is 19.4. The summed E-state index contributed by atoms with van der Waals surface area (Å²) >= 11 is 0. The van der Waals surface area contributed by atoms with Crippen molar-refractivity contribution in [2.45, 2.75) is 64.0 Å². The van der Waals surface area contributed by atoms with Gasteiger partial charge in [0.05, 0.1) is 25.5 Å². The van der Waals surface area contributed by atoms with Crippen molar-refractivity contribution in [2.24, 2.45) is 5.10 Å². The Hall–Kier alpha value is -4.18. The van der Waals surface area contributed by atoms with Crippen LogP contribution in [0.1, 0.15) is 60.6 Å². The fourth-order valence-electron chi connectivity index (χ4n) is 4.90. The molecule has 2 unspecified atom stereocenters. The summed E-state index contributed by atoms with van der Waals surface area (Å²) in [7, 11) is 1.64. The van der Waals surface area contributed by atoms with E-state index in [2.05, 4.69) is 15.5 Å². The van der Waals surface area contributed by atoms with Gasteiger partial charge in [-0.3, -0.25) is 19.7 Å². The Morgan fingerprint density at radius 3 is 2.62 bits per heavy atom. The number of nitrogens with one attached hydrogen (secondary N) is 2. The number of nitrogens with zero attached hydrogens (tertiary/aromatic N) is 3. The van der Waals surface area contributed by atoms with E-state index in [0.717, 1.165) is 36.0 Å². The lowest BCUT2D eigenvalue weighted by atomic mass is 10.0. The van der Waals surface area contributed by atoms with Gasteiger partial charge in [0.2, 0.25) is 6.23 Å². The molecule has 1 aromatic heterocycles. The molecule has 0 radical (unpaired) electrons. The van der Waals surface area contributed by atoms with Crippen LogP contribution >= 0.6 is 0 Å². The third-order valence-electron chi connectivity index (χ3n) is 6.97. The number of methoxy groups -OCH3 is 1. The number of H-pyrrole nitrogens is 1. The van der Waals surface area contributed by atoms with Gasteiger partial charge in [-0.2, -0.15) is 10.2 Å². The summed E-state index contributed by atoms with van der Waals surface area (Å²) in [5.74, 6) is 1.07. The molecule has 3 aromatic rings. The van der Waals surface area contributed by atoms with Gasteiger partial charge in [0.15, 0.2) is 17.8 Å². The molecule has 1 aliphatic carbocycles. The molecule has 39 heavy (non-hydrogen) atoms. The third kappa shape index (κ3) is 6.12. The van der Waals surface area contributed by atoms with E-state index in [1.165, 1.54) is 12.8 Å². The van der Waals surface area contributed by atoms with E-state index in [0.29, 0.717) is 35.8 Å². The Morgan fingerprint density at radius 2 is 1.95 bits per heavy atom. The van der Waals surface area contributed by atoms with Crippen molar-refractivity contribution >= 4 is 23.6 Å². The zero-order valence-electron chi connectivity index (χ0n) is 22.1. The number of rotatable bonds is 10. The maximum Gasteiger partial charge on any atom is 0.276 e. The Balaban J connectivity index is 1.36. The average molecular weight is 532 g/mol. The maximum atomic E-state index is 12.3. The van der Waals surface area contributed by atoms with Crippen molar-refractivity contribution < 1.29 is 23.8 Å². The molecule has 2 N–H and O–H groups in total. The number of aromatic nitrogens is 2. The van der Waals surface area contributed by atoms with Gasteiger partial charge in [0.25, 0.3) is 5.91 Å². The molecule has 0 spiro atoms. The highest BCUT2D eigenvalue weighted by atomic mass is 16.5. The molecule has 10 heteroatoms. The first-order valence-corrected chi connectivity index (χ1v) is 13.3. The molecule has 2 heterocycles. The van der Waals surface area contributed by atoms with Gasteiger partial charge in [0, 0.05) is 17.4 Å². The number of hydrogen-bond donors (Lipinski definition) is 2. The zero-order valence-corrected chi connectivity index (χ0v) is 22.1. The second-order valence-corrected chi connectivity index (χ2v) is 9.64. The van der Waals surface area contributed by atoms with Gasteiger partial charge in [-0.15, -0.1) is 0 Å². The first kappa shape index (κ1) is 26.4. The molecule has 10 nitrogen and oxygen atoms in total. The van der Waals surface area contributed by atoms with Crippen molar-refractivity contribution in [3.63, 3.8) is 0 Å². The van der Waals surface area contributed by atoms with Gasteiger partial charge < -0.3 is 19.5 Å². The number of anilines is 1. The molecule has 2 atom stereocenters.